The van der Waals surface area contributed by atoms with Gasteiger partial charge in [0.1, 0.15) is 5.82 Å². The highest BCUT2D eigenvalue weighted by Gasteiger charge is 2.54. The fourth-order valence-corrected chi connectivity index (χ4v) is 3.41. The van der Waals surface area contributed by atoms with E-state index >= 15 is 0 Å². The van der Waals surface area contributed by atoms with Gasteiger partial charge in [-0.3, -0.25) is 4.79 Å². The van der Waals surface area contributed by atoms with Crippen molar-refractivity contribution < 1.29 is 9.18 Å². The Morgan fingerprint density at radius 3 is 2.95 bits per heavy atom. The molecule has 0 spiro atoms. The van der Waals surface area contributed by atoms with Crippen molar-refractivity contribution in [2.75, 3.05) is 11.4 Å². The normalized spacial score (nSPS) is 29.4. The van der Waals surface area contributed by atoms with Crippen molar-refractivity contribution in [2.45, 2.75) is 38.8 Å². The van der Waals surface area contributed by atoms with E-state index in [9.17, 15) is 9.18 Å². The lowest BCUT2D eigenvalue weighted by molar-refractivity contribution is -0.124. The second-order valence-corrected chi connectivity index (χ2v) is 6.02. The Hall–Kier alpha value is -1.42. The molecule has 2 fully saturated rings. The summed E-state index contributed by atoms with van der Waals surface area (Å²) in [6.45, 7) is 4.91. The van der Waals surface area contributed by atoms with Gasteiger partial charge in [0.15, 0.2) is 0 Å². The highest BCUT2D eigenvalue weighted by Crippen LogP contribution is 2.41. The van der Waals surface area contributed by atoms with Crippen molar-refractivity contribution in [2.24, 2.45) is 5.41 Å². The van der Waals surface area contributed by atoms with Crippen LogP contribution in [0.5, 0.6) is 0 Å². The maximum absolute atomic E-state index is 13.4. The number of nitrogens with one attached hydrogen (secondary N) is 1. The molecule has 0 bridgehead atoms. The quantitative estimate of drug-likeness (QED) is 0.842. The van der Waals surface area contributed by atoms with E-state index in [0.717, 1.165) is 19.4 Å². The number of benzene rings is 1. The standard InChI is InChI=1S/C15H19FN2O/c1-15(2)13-12(7-4-8-17-13)18(14(15)19)11-6-3-5-10(16)9-11/h3,5-6,9,12-13,17H,4,7-8H2,1-2H3. The molecule has 3 nitrogen and oxygen atoms in total. The predicted octanol–water partition coefficient (Wildman–Crippen LogP) is 2.32. The van der Waals surface area contributed by atoms with E-state index in [4.69, 9.17) is 0 Å². The van der Waals surface area contributed by atoms with Crippen LogP contribution in [-0.4, -0.2) is 24.5 Å². The Kier molecular flexibility index (Phi) is 2.86. The number of hydrogen-bond acceptors (Lipinski definition) is 2. The Balaban J connectivity index is 2.03. The minimum absolute atomic E-state index is 0.0856. The zero-order chi connectivity index (χ0) is 13.6. The topological polar surface area (TPSA) is 32.3 Å². The van der Waals surface area contributed by atoms with Crippen molar-refractivity contribution in [3.05, 3.63) is 30.1 Å². The third-order valence-electron chi connectivity index (χ3n) is 4.39. The van der Waals surface area contributed by atoms with Gasteiger partial charge in [0.25, 0.3) is 0 Å². The first-order valence-corrected chi connectivity index (χ1v) is 6.84. The van der Waals surface area contributed by atoms with Crippen molar-refractivity contribution in [1.82, 2.24) is 5.32 Å². The third-order valence-corrected chi connectivity index (χ3v) is 4.39. The number of halogens is 1. The van der Waals surface area contributed by atoms with Gasteiger partial charge in [0.2, 0.25) is 5.91 Å². The van der Waals surface area contributed by atoms with Gasteiger partial charge in [-0.1, -0.05) is 6.07 Å². The summed E-state index contributed by atoms with van der Waals surface area (Å²) in [5.41, 5.74) is 0.242. The average Bonchev–Trinajstić information content (AvgIpc) is 2.58. The number of carbonyl (C=O) groups excluding carboxylic acids is 1. The molecule has 1 aromatic carbocycles. The largest absolute Gasteiger partial charge is 0.311 e. The molecule has 2 unspecified atom stereocenters. The van der Waals surface area contributed by atoms with E-state index in [-0.39, 0.29) is 23.8 Å². The Morgan fingerprint density at radius 1 is 1.42 bits per heavy atom. The number of fused-ring (bicyclic) bond motifs is 1. The van der Waals surface area contributed by atoms with Gasteiger partial charge in [-0.2, -0.15) is 0 Å². The first-order valence-electron chi connectivity index (χ1n) is 6.84. The van der Waals surface area contributed by atoms with E-state index in [1.165, 1.54) is 12.1 Å². The lowest BCUT2D eigenvalue weighted by atomic mass is 9.81. The molecule has 2 heterocycles. The summed E-state index contributed by atoms with van der Waals surface area (Å²) in [5.74, 6) is -0.210. The molecule has 1 N–H and O–H groups in total. The fourth-order valence-electron chi connectivity index (χ4n) is 3.41. The van der Waals surface area contributed by atoms with Gasteiger partial charge < -0.3 is 10.2 Å². The zero-order valence-corrected chi connectivity index (χ0v) is 11.3. The zero-order valence-electron chi connectivity index (χ0n) is 11.3. The Labute approximate surface area is 112 Å². The van der Waals surface area contributed by atoms with Gasteiger partial charge in [-0.15, -0.1) is 0 Å². The molecule has 0 aromatic heterocycles. The van der Waals surface area contributed by atoms with Crippen molar-refractivity contribution in [1.29, 1.82) is 0 Å². The van der Waals surface area contributed by atoms with Crippen LogP contribution in [0.25, 0.3) is 0 Å². The molecule has 2 saturated heterocycles. The second-order valence-electron chi connectivity index (χ2n) is 6.02. The second kappa shape index (κ2) is 4.30. The number of anilines is 1. The third kappa shape index (κ3) is 1.86. The molecule has 2 aliphatic heterocycles. The minimum atomic E-state index is -0.433. The molecular weight excluding hydrogens is 243 g/mol. The van der Waals surface area contributed by atoms with Crippen LogP contribution in [0, 0.1) is 11.2 Å². The molecular formula is C15H19FN2O. The van der Waals surface area contributed by atoms with Crippen LogP contribution >= 0.6 is 0 Å². The Morgan fingerprint density at radius 2 is 2.21 bits per heavy atom. The number of piperidine rings is 1. The summed E-state index contributed by atoms with van der Waals surface area (Å²) >= 11 is 0. The SMILES string of the molecule is CC1(C)C(=O)N(c2cccc(F)c2)C2CCCNC21. The van der Waals surface area contributed by atoms with Gasteiger partial charge >= 0.3 is 0 Å². The van der Waals surface area contributed by atoms with Gasteiger partial charge in [-0.05, 0) is 51.4 Å². The van der Waals surface area contributed by atoms with Crippen LogP contribution in [0.2, 0.25) is 0 Å². The maximum atomic E-state index is 13.4. The average molecular weight is 262 g/mol. The summed E-state index contributed by atoms with van der Waals surface area (Å²) in [5, 5.41) is 3.46. The molecule has 102 valence electrons. The highest BCUT2D eigenvalue weighted by atomic mass is 19.1. The fraction of sp³-hybridized carbons (Fsp3) is 0.533. The monoisotopic (exact) mass is 262 g/mol. The van der Waals surface area contributed by atoms with Crippen LogP contribution in [0.1, 0.15) is 26.7 Å². The summed E-state index contributed by atoms with van der Waals surface area (Å²) in [6.07, 6.45) is 2.03. The molecule has 1 aromatic rings. The number of nitrogens with zero attached hydrogens (tertiary/aromatic N) is 1. The van der Waals surface area contributed by atoms with Crippen molar-refractivity contribution in [3.63, 3.8) is 0 Å². The van der Waals surface area contributed by atoms with E-state index in [2.05, 4.69) is 5.32 Å². The van der Waals surface area contributed by atoms with Crippen LogP contribution in [0.3, 0.4) is 0 Å². The van der Waals surface area contributed by atoms with Crippen LogP contribution in [-0.2, 0) is 4.79 Å². The highest BCUT2D eigenvalue weighted by molar-refractivity contribution is 6.01. The first kappa shape index (κ1) is 12.6. The van der Waals surface area contributed by atoms with E-state index in [1.807, 2.05) is 19.9 Å². The number of carbonyl (C=O) groups is 1. The maximum Gasteiger partial charge on any atom is 0.234 e. The predicted molar refractivity (Wildman–Crippen MR) is 72.5 cm³/mol. The van der Waals surface area contributed by atoms with Crippen molar-refractivity contribution in [3.8, 4) is 0 Å². The van der Waals surface area contributed by atoms with Gasteiger partial charge in [0.05, 0.1) is 11.5 Å². The minimum Gasteiger partial charge on any atom is -0.311 e. The smallest absolute Gasteiger partial charge is 0.234 e. The molecule has 19 heavy (non-hydrogen) atoms. The molecule has 0 saturated carbocycles. The van der Waals surface area contributed by atoms with Gasteiger partial charge in [0, 0.05) is 11.7 Å². The molecule has 4 heteroatoms. The van der Waals surface area contributed by atoms with Crippen LogP contribution in [0.4, 0.5) is 10.1 Å². The number of hydrogen-bond donors (Lipinski definition) is 1. The van der Waals surface area contributed by atoms with Crippen LogP contribution < -0.4 is 10.2 Å². The Bertz CT molecular complexity index is 515. The van der Waals surface area contributed by atoms with Gasteiger partial charge in [-0.25, -0.2) is 4.39 Å². The molecule has 1 amide bonds. The number of amides is 1. The van der Waals surface area contributed by atoms with Crippen molar-refractivity contribution >= 4 is 11.6 Å². The molecule has 3 rings (SSSR count). The molecule has 0 radical (unpaired) electrons. The van der Waals surface area contributed by atoms with E-state index in [1.54, 1.807) is 11.0 Å². The summed E-state index contributed by atoms with van der Waals surface area (Å²) < 4.78 is 13.4. The summed E-state index contributed by atoms with van der Waals surface area (Å²) in [6, 6.07) is 6.62. The first-order chi connectivity index (χ1) is 9.01. The lowest BCUT2D eigenvalue weighted by Gasteiger charge is -2.34. The number of rotatable bonds is 1. The van der Waals surface area contributed by atoms with Crippen LogP contribution in [0.15, 0.2) is 24.3 Å². The lowest BCUT2D eigenvalue weighted by Crippen LogP contribution is -2.50. The summed E-state index contributed by atoms with van der Waals surface area (Å²) in [4.78, 5) is 14.5. The summed E-state index contributed by atoms with van der Waals surface area (Å²) in [7, 11) is 0. The molecule has 0 aliphatic carbocycles. The molecule has 2 atom stereocenters. The molecule has 2 aliphatic rings. The van der Waals surface area contributed by atoms with E-state index in [0.29, 0.717) is 5.69 Å². The van der Waals surface area contributed by atoms with E-state index < -0.39 is 5.41 Å².